The first-order valence-corrected chi connectivity index (χ1v) is 21.0. The molecule has 0 spiro atoms. The van der Waals surface area contributed by atoms with E-state index in [1.165, 1.54) is 0 Å². The minimum Gasteiger partial charge on any atom is -0.233 e. The average molecular weight is 811 g/mol. The third-order valence-electron chi connectivity index (χ3n) is 11.0. The molecule has 0 atom stereocenters. The molecule has 7 aromatic carbocycles. The molecular formula is C57H42N6. The molecule has 0 radical (unpaired) electrons. The molecule has 0 saturated heterocycles. The molecule has 0 bridgehead atoms. The SMILES string of the molecule is C=C(N=C(N=C(C)c1ccccc1)C1=CCCC=C1)c1ccccc1-c1ccc(C#N)cc1-c1ccccc1-c1ccccc1-c1nc(-c2ccccc2)nc(-c2ccccc2)n1. The maximum Gasteiger partial charge on any atom is 0.164 e. The van der Waals surface area contributed by atoms with Gasteiger partial charge in [0, 0.05) is 33.5 Å². The lowest BCUT2D eigenvalue weighted by molar-refractivity contribution is 1.03. The van der Waals surface area contributed by atoms with Crippen molar-refractivity contribution < 1.29 is 0 Å². The zero-order valence-electron chi connectivity index (χ0n) is 34.9. The zero-order chi connectivity index (χ0) is 43.0. The third kappa shape index (κ3) is 8.77. The van der Waals surface area contributed by atoms with E-state index in [0.717, 1.165) is 85.3 Å². The number of allylic oxidation sites excluding steroid dienone is 2. The van der Waals surface area contributed by atoms with Gasteiger partial charge >= 0.3 is 0 Å². The second-order valence-corrected chi connectivity index (χ2v) is 15.1. The van der Waals surface area contributed by atoms with Crippen LogP contribution in [-0.4, -0.2) is 26.5 Å². The highest BCUT2D eigenvalue weighted by Crippen LogP contribution is 2.43. The Hall–Kier alpha value is -8.40. The molecule has 0 N–H and O–H groups in total. The summed E-state index contributed by atoms with van der Waals surface area (Å²) in [4.78, 5) is 25.4. The molecular weight excluding hydrogens is 769 g/mol. The van der Waals surface area contributed by atoms with Gasteiger partial charge in [-0.3, -0.25) is 0 Å². The molecule has 6 heteroatoms. The predicted octanol–water partition coefficient (Wildman–Crippen LogP) is 13.9. The van der Waals surface area contributed by atoms with Crippen LogP contribution < -0.4 is 0 Å². The number of aromatic nitrogens is 3. The molecule has 0 fully saturated rings. The maximum atomic E-state index is 10.3. The van der Waals surface area contributed by atoms with Gasteiger partial charge in [-0.05, 0) is 70.8 Å². The summed E-state index contributed by atoms with van der Waals surface area (Å²) in [6, 6.07) is 63.1. The summed E-state index contributed by atoms with van der Waals surface area (Å²) in [6.45, 7) is 6.56. The van der Waals surface area contributed by atoms with Crippen LogP contribution in [0.25, 0.3) is 73.2 Å². The predicted molar refractivity (Wildman–Crippen MR) is 259 cm³/mol. The molecule has 9 rings (SSSR count). The van der Waals surface area contributed by atoms with E-state index in [0.29, 0.717) is 34.6 Å². The van der Waals surface area contributed by atoms with Crippen molar-refractivity contribution in [1.29, 1.82) is 5.26 Å². The number of rotatable bonds is 10. The fraction of sp³-hybridized carbons (Fsp3) is 0.0526. The van der Waals surface area contributed by atoms with Crippen LogP contribution in [0.15, 0.2) is 222 Å². The molecule has 1 aliphatic carbocycles. The van der Waals surface area contributed by atoms with E-state index in [9.17, 15) is 5.26 Å². The lowest BCUT2D eigenvalue weighted by atomic mass is 9.85. The van der Waals surface area contributed by atoms with E-state index in [1.54, 1.807) is 0 Å². The molecule has 1 aliphatic rings. The van der Waals surface area contributed by atoms with Gasteiger partial charge in [0.15, 0.2) is 23.3 Å². The van der Waals surface area contributed by atoms with Crippen molar-refractivity contribution in [2.45, 2.75) is 19.8 Å². The molecule has 0 saturated carbocycles. The third-order valence-corrected chi connectivity index (χ3v) is 11.0. The smallest absolute Gasteiger partial charge is 0.164 e. The summed E-state index contributed by atoms with van der Waals surface area (Å²) < 4.78 is 0. The highest BCUT2D eigenvalue weighted by molar-refractivity contribution is 6.14. The zero-order valence-corrected chi connectivity index (χ0v) is 34.9. The number of nitriles is 1. The molecule has 0 unspecified atom stereocenters. The Labute approximate surface area is 368 Å². The number of nitrogens with zero attached hydrogens (tertiary/aromatic N) is 6. The number of hydrogen-bond donors (Lipinski definition) is 0. The number of hydrogen-bond acceptors (Lipinski definition) is 5. The second kappa shape index (κ2) is 18.5. The fourth-order valence-electron chi connectivity index (χ4n) is 7.86. The van der Waals surface area contributed by atoms with E-state index in [1.807, 2.05) is 140 Å². The van der Waals surface area contributed by atoms with Gasteiger partial charge in [0.1, 0.15) is 0 Å². The van der Waals surface area contributed by atoms with Crippen LogP contribution in [0.2, 0.25) is 0 Å². The first kappa shape index (κ1) is 40.0. The Morgan fingerprint density at radius 2 is 1.03 bits per heavy atom. The van der Waals surface area contributed by atoms with Crippen LogP contribution in [0.4, 0.5) is 0 Å². The minimum absolute atomic E-state index is 0.549. The minimum atomic E-state index is 0.549. The highest BCUT2D eigenvalue weighted by Gasteiger charge is 2.21. The first-order chi connectivity index (χ1) is 31.0. The molecule has 6 nitrogen and oxygen atoms in total. The summed E-state index contributed by atoms with van der Waals surface area (Å²) in [5, 5.41) is 10.3. The van der Waals surface area contributed by atoms with Crippen LogP contribution in [0.5, 0.6) is 0 Å². The number of amidine groups is 1. The average Bonchev–Trinajstić information content (AvgIpc) is 3.36. The summed E-state index contributed by atoms with van der Waals surface area (Å²) in [5.74, 6) is 2.35. The van der Waals surface area contributed by atoms with Crippen molar-refractivity contribution in [3.63, 3.8) is 0 Å². The van der Waals surface area contributed by atoms with E-state index >= 15 is 0 Å². The lowest BCUT2D eigenvalue weighted by Gasteiger charge is -2.19. The van der Waals surface area contributed by atoms with Gasteiger partial charge in [-0.15, -0.1) is 0 Å². The van der Waals surface area contributed by atoms with Crippen LogP contribution >= 0.6 is 0 Å². The van der Waals surface area contributed by atoms with E-state index in [4.69, 9.17) is 24.9 Å². The Balaban J connectivity index is 1.18. The summed E-state index contributed by atoms with van der Waals surface area (Å²) in [6.07, 6.45) is 8.35. The van der Waals surface area contributed by atoms with Gasteiger partial charge in [0.05, 0.1) is 17.3 Å². The largest absolute Gasteiger partial charge is 0.233 e. The lowest BCUT2D eigenvalue weighted by Crippen LogP contribution is -2.06. The fourth-order valence-corrected chi connectivity index (χ4v) is 7.86. The molecule has 1 aromatic heterocycles. The Kier molecular flexibility index (Phi) is 11.7. The summed E-state index contributed by atoms with van der Waals surface area (Å²) in [5.41, 5.74) is 13.1. The second-order valence-electron chi connectivity index (χ2n) is 15.1. The van der Waals surface area contributed by atoms with Gasteiger partial charge in [0.25, 0.3) is 0 Å². The Bertz CT molecular complexity index is 3080. The summed E-state index contributed by atoms with van der Waals surface area (Å²) in [7, 11) is 0. The number of aliphatic imine (C=N–C) groups is 2. The molecule has 0 amide bonds. The van der Waals surface area contributed by atoms with Crippen LogP contribution in [-0.2, 0) is 0 Å². The topological polar surface area (TPSA) is 87.2 Å². The van der Waals surface area contributed by atoms with Crippen molar-refractivity contribution in [3.05, 3.63) is 229 Å². The molecule has 0 aliphatic heterocycles. The Morgan fingerprint density at radius 3 is 1.63 bits per heavy atom. The van der Waals surface area contributed by atoms with E-state index < -0.39 is 0 Å². The standard InChI is InChI=1S/C57H42N6/c1-39(42-21-7-3-8-22-42)59-54(43-23-9-4-10-24-43)60-40(2)46-29-15-16-30-47(46)51-36-35-41(38-58)37-53(51)50-33-18-17-31-48(50)49-32-19-20-34-52(49)57-62-55(44-25-11-5-12-26-44)61-56(63-57)45-27-13-6-14-28-45/h3,5-9,11-37H,2,4,10H2,1H3. The van der Waals surface area contributed by atoms with Crippen LogP contribution in [0, 0.1) is 11.3 Å². The Morgan fingerprint density at radius 1 is 0.524 bits per heavy atom. The van der Waals surface area contributed by atoms with Gasteiger partial charge in [-0.25, -0.2) is 24.9 Å². The first-order valence-electron chi connectivity index (χ1n) is 21.0. The monoisotopic (exact) mass is 810 g/mol. The van der Waals surface area contributed by atoms with Crippen molar-refractivity contribution in [1.82, 2.24) is 15.0 Å². The molecule has 8 aromatic rings. The van der Waals surface area contributed by atoms with Crippen molar-refractivity contribution >= 4 is 17.2 Å². The number of benzene rings is 7. The van der Waals surface area contributed by atoms with Crippen molar-refractivity contribution in [3.8, 4) is 73.6 Å². The maximum absolute atomic E-state index is 10.3. The normalized spacial score (nSPS) is 12.7. The van der Waals surface area contributed by atoms with Gasteiger partial charge in [-0.1, -0.05) is 195 Å². The van der Waals surface area contributed by atoms with E-state index in [-0.39, 0.29) is 0 Å². The van der Waals surface area contributed by atoms with Crippen molar-refractivity contribution in [2.75, 3.05) is 0 Å². The quantitative estimate of drug-likeness (QED) is 0.102. The van der Waals surface area contributed by atoms with Crippen LogP contribution in [0.1, 0.15) is 36.5 Å². The van der Waals surface area contributed by atoms with Gasteiger partial charge in [0.2, 0.25) is 0 Å². The van der Waals surface area contributed by atoms with Crippen molar-refractivity contribution in [2.24, 2.45) is 9.98 Å². The van der Waals surface area contributed by atoms with Gasteiger partial charge < -0.3 is 0 Å². The molecule has 63 heavy (non-hydrogen) atoms. The van der Waals surface area contributed by atoms with Crippen LogP contribution in [0.3, 0.4) is 0 Å². The molecule has 300 valence electrons. The van der Waals surface area contributed by atoms with E-state index in [2.05, 4.69) is 79.4 Å². The molecule has 1 heterocycles. The highest BCUT2D eigenvalue weighted by atomic mass is 15.0. The summed E-state index contributed by atoms with van der Waals surface area (Å²) >= 11 is 0. The van der Waals surface area contributed by atoms with Gasteiger partial charge in [-0.2, -0.15) is 5.26 Å².